The third-order valence-electron chi connectivity index (χ3n) is 2.15. The zero-order valence-electron chi connectivity index (χ0n) is 9.80. The summed E-state index contributed by atoms with van der Waals surface area (Å²) < 4.78 is 1.85. The van der Waals surface area contributed by atoms with Gasteiger partial charge in [-0.25, -0.2) is 0 Å². The van der Waals surface area contributed by atoms with Crippen molar-refractivity contribution in [2.24, 2.45) is 12.8 Å². The standard InChI is InChI=1S/C9H17N5OS/c1-13(2)8(15)4-5-16-9-12-11-7(6-10)14(9)3/h4-6,10H2,1-3H3. The molecular formula is C9H17N5OS. The largest absolute Gasteiger partial charge is 0.349 e. The quantitative estimate of drug-likeness (QED) is 0.727. The summed E-state index contributed by atoms with van der Waals surface area (Å²) in [6.07, 6.45) is 0.502. The van der Waals surface area contributed by atoms with E-state index in [-0.39, 0.29) is 5.91 Å². The molecule has 1 aromatic rings. The zero-order chi connectivity index (χ0) is 12.1. The van der Waals surface area contributed by atoms with E-state index in [1.54, 1.807) is 19.0 Å². The Morgan fingerprint density at radius 1 is 1.50 bits per heavy atom. The van der Waals surface area contributed by atoms with Crippen LogP contribution in [0.3, 0.4) is 0 Å². The lowest BCUT2D eigenvalue weighted by atomic mass is 10.4. The molecule has 2 N–H and O–H groups in total. The molecule has 16 heavy (non-hydrogen) atoms. The third kappa shape index (κ3) is 3.21. The Kier molecular flexibility index (Phi) is 4.75. The lowest BCUT2D eigenvalue weighted by molar-refractivity contribution is -0.128. The average Bonchev–Trinajstić information content (AvgIpc) is 2.59. The summed E-state index contributed by atoms with van der Waals surface area (Å²) in [5.74, 6) is 1.57. The molecule has 0 fully saturated rings. The molecule has 1 heterocycles. The molecule has 0 spiro atoms. The Morgan fingerprint density at radius 2 is 2.19 bits per heavy atom. The summed E-state index contributed by atoms with van der Waals surface area (Å²) in [7, 11) is 5.38. The number of amides is 1. The van der Waals surface area contributed by atoms with Gasteiger partial charge in [0.05, 0.1) is 6.54 Å². The molecule has 0 bridgehead atoms. The van der Waals surface area contributed by atoms with Crippen molar-refractivity contribution in [3.05, 3.63) is 5.82 Å². The molecule has 1 rings (SSSR count). The van der Waals surface area contributed by atoms with Crippen LogP contribution in [0.5, 0.6) is 0 Å². The number of carbonyl (C=O) groups excluding carboxylic acids is 1. The van der Waals surface area contributed by atoms with E-state index in [2.05, 4.69) is 10.2 Å². The number of hydrogen-bond donors (Lipinski definition) is 1. The fraction of sp³-hybridized carbons (Fsp3) is 0.667. The monoisotopic (exact) mass is 243 g/mol. The van der Waals surface area contributed by atoms with Crippen molar-refractivity contribution in [2.75, 3.05) is 19.8 Å². The van der Waals surface area contributed by atoms with Crippen LogP contribution in [0.2, 0.25) is 0 Å². The maximum atomic E-state index is 11.3. The summed E-state index contributed by atoms with van der Waals surface area (Å²) in [6, 6.07) is 0. The second-order valence-corrected chi connectivity index (χ2v) is 4.61. The van der Waals surface area contributed by atoms with Gasteiger partial charge in [-0.1, -0.05) is 11.8 Å². The molecule has 0 saturated carbocycles. The fourth-order valence-corrected chi connectivity index (χ4v) is 1.96. The van der Waals surface area contributed by atoms with Crippen molar-refractivity contribution >= 4 is 17.7 Å². The van der Waals surface area contributed by atoms with E-state index in [1.165, 1.54) is 11.8 Å². The molecule has 1 aromatic heterocycles. The molecule has 1 amide bonds. The molecule has 0 saturated heterocycles. The Bertz CT molecular complexity index is 363. The Hall–Kier alpha value is -1.08. The third-order valence-corrected chi connectivity index (χ3v) is 3.18. The molecule has 0 aliphatic carbocycles. The fourth-order valence-electron chi connectivity index (χ4n) is 1.10. The van der Waals surface area contributed by atoms with Crippen LogP contribution in [0.15, 0.2) is 5.16 Å². The minimum atomic E-state index is 0.119. The van der Waals surface area contributed by atoms with Gasteiger partial charge in [-0.3, -0.25) is 4.79 Å². The van der Waals surface area contributed by atoms with Gasteiger partial charge in [0.25, 0.3) is 0 Å². The van der Waals surface area contributed by atoms with E-state index < -0.39 is 0 Å². The normalized spacial score (nSPS) is 10.5. The van der Waals surface area contributed by atoms with Crippen LogP contribution in [-0.4, -0.2) is 45.4 Å². The highest BCUT2D eigenvalue weighted by Gasteiger charge is 2.09. The minimum Gasteiger partial charge on any atom is -0.349 e. The highest BCUT2D eigenvalue weighted by Crippen LogP contribution is 2.16. The predicted molar refractivity (Wildman–Crippen MR) is 62.9 cm³/mol. The number of carbonyl (C=O) groups is 1. The van der Waals surface area contributed by atoms with Gasteiger partial charge in [-0.15, -0.1) is 10.2 Å². The van der Waals surface area contributed by atoms with Crippen molar-refractivity contribution in [2.45, 2.75) is 18.1 Å². The molecule has 0 atom stereocenters. The van der Waals surface area contributed by atoms with Crippen molar-refractivity contribution in [3.8, 4) is 0 Å². The van der Waals surface area contributed by atoms with E-state index in [9.17, 15) is 4.79 Å². The SMILES string of the molecule is CN(C)C(=O)CCSc1nnc(CN)n1C. The van der Waals surface area contributed by atoms with Crippen LogP contribution < -0.4 is 5.73 Å². The molecular weight excluding hydrogens is 226 g/mol. The van der Waals surface area contributed by atoms with E-state index in [1.807, 2.05) is 11.6 Å². The summed E-state index contributed by atoms with van der Waals surface area (Å²) in [5.41, 5.74) is 5.49. The lowest BCUT2D eigenvalue weighted by Crippen LogP contribution is -2.21. The lowest BCUT2D eigenvalue weighted by Gasteiger charge is -2.09. The van der Waals surface area contributed by atoms with Crippen LogP contribution in [0.4, 0.5) is 0 Å². The minimum absolute atomic E-state index is 0.119. The molecule has 6 nitrogen and oxygen atoms in total. The van der Waals surface area contributed by atoms with Crippen molar-refractivity contribution in [1.82, 2.24) is 19.7 Å². The van der Waals surface area contributed by atoms with E-state index in [0.29, 0.717) is 18.7 Å². The van der Waals surface area contributed by atoms with Crippen LogP contribution in [0, 0.1) is 0 Å². The van der Waals surface area contributed by atoms with E-state index in [4.69, 9.17) is 5.73 Å². The topological polar surface area (TPSA) is 77.0 Å². The number of hydrogen-bond acceptors (Lipinski definition) is 5. The molecule has 0 aliphatic rings. The van der Waals surface area contributed by atoms with Gasteiger partial charge >= 0.3 is 0 Å². The van der Waals surface area contributed by atoms with Crippen LogP contribution >= 0.6 is 11.8 Å². The van der Waals surface area contributed by atoms with Gasteiger partial charge in [0.15, 0.2) is 5.16 Å². The van der Waals surface area contributed by atoms with Gasteiger partial charge in [0, 0.05) is 33.3 Å². The number of rotatable bonds is 5. The highest BCUT2D eigenvalue weighted by atomic mass is 32.2. The van der Waals surface area contributed by atoms with Gasteiger partial charge in [-0.05, 0) is 0 Å². The number of nitrogens with two attached hydrogens (primary N) is 1. The van der Waals surface area contributed by atoms with Crippen LogP contribution in [-0.2, 0) is 18.4 Å². The van der Waals surface area contributed by atoms with Crippen LogP contribution in [0.1, 0.15) is 12.2 Å². The van der Waals surface area contributed by atoms with Crippen molar-refractivity contribution in [3.63, 3.8) is 0 Å². The van der Waals surface area contributed by atoms with Gasteiger partial charge < -0.3 is 15.2 Å². The molecule has 0 unspecified atom stereocenters. The van der Waals surface area contributed by atoms with Crippen molar-refractivity contribution in [1.29, 1.82) is 0 Å². The Morgan fingerprint density at radius 3 is 2.69 bits per heavy atom. The number of aromatic nitrogens is 3. The molecule has 90 valence electrons. The van der Waals surface area contributed by atoms with Crippen molar-refractivity contribution < 1.29 is 4.79 Å². The zero-order valence-corrected chi connectivity index (χ0v) is 10.6. The van der Waals surface area contributed by atoms with E-state index >= 15 is 0 Å². The van der Waals surface area contributed by atoms with E-state index in [0.717, 1.165) is 11.0 Å². The Balaban J connectivity index is 2.43. The van der Waals surface area contributed by atoms with Gasteiger partial charge in [0.1, 0.15) is 5.82 Å². The first kappa shape index (κ1) is 13.0. The molecule has 0 radical (unpaired) electrons. The highest BCUT2D eigenvalue weighted by molar-refractivity contribution is 7.99. The molecule has 0 aromatic carbocycles. The van der Waals surface area contributed by atoms with Crippen LogP contribution in [0.25, 0.3) is 0 Å². The number of thioether (sulfide) groups is 1. The van der Waals surface area contributed by atoms with Gasteiger partial charge in [0.2, 0.25) is 5.91 Å². The number of nitrogens with zero attached hydrogens (tertiary/aromatic N) is 4. The first-order valence-corrected chi connectivity index (χ1v) is 5.96. The predicted octanol–water partition coefficient (Wildman–Crippen LogP) is -0.156. The second kappa shape index (κ2) is 5.86. The average molecular weight is 243 g/mol. The smallest absolute Gasteiger partial charge is 0.222 e. The summed E-state index contributed by atoms with van der Waals surface area (Å²) in [6.45, 7) is 0.376. The first-order valence-electron chi connectivity index (χ1n) is 4.97. The first-order chi connectivity index (χ1) is 7.56. The second-order valence-electron chi connectivity index (χ2n) is 3.55. The maximum Gasteiger partial charge on any atom is 0.222 e. The maximum absolute atomic E-state index is 11.3. The molecule has 0 aliphatic heterocycles. The summed E-state index contributed by atoms with van der Waals surface area (Å²) >= 11 is 1.52. The summed E-state index contributed by atoms with van der Waals surface area (Å²) in [5, 5.41) is 8.74. The molecule has 7 heteroatoms. The summed E-state index contributed by atoms with van der Waals surface area (Å²) in [4.78, 5) is 12.9. The van der Waals surface area contributed by atoms with Gasteiger partial charge in [-0.2, -0.15) is 0 Å². The Labute approximate surface area is 99.2 Å².